The van der Waals surface area contributed by atoms with Crippen molar-refractivity contribution in [3.05, 3.63) is 0 Å². The Kier molecular flexibility index (Phi) is 5.29. The summed E-state index contributed by atoms with van der Waals surface area (Å²) in [5, 5.41) is 12.4. The molecule has 0 aliphatic heterocycles. The van der Waals surface area contributed by atoms with Crippen LogP contribution in [0.5, 0.6) is 0 Å². The third-order valence-corrected chi connectivity index (χ3v) is 3.51. The second kappa shape index (κ2) is 5.50. The van der Waals surface area contributed by atoms with E-state index in [4.69, 9.17) is 5.11 Å². The molecule has 0 spiro atoms. The van der Waals surface area contributed by atoms with Gasteiger partial charge in [-0.3, -0.25) is 4.79 Å². The molecule has 0 aromatic heterocycles. The van der Waals surface area contributed by atoms with E-state index in [1.807, 2.05) is 0 Å². The van der Waals surface area contributed by atoms with Crippen LogP contribution in [0, 0.1) is 5.41 Å². The van der Waals surface area contributed by atoms with Gasteiger partial charge in [-0.15, -0.1) is 0 Å². The number of hydrogen-bond donors (Lipinski definition) is 2. The van der Waals surface area contributed by atoms with Crippen molar-refractivity contribution in [2.75, 3.05) is 6.54 Å². The van der Waals surface area contributed by atoms with Crippen LogP contribution >= 0.6 is 0 Å². The molecule has 3 heteroatoms. The topological polar surface area (TPSA) is 49.3 Å². The second-order valence-corrected chi connectivity index (χ2v) is 4.88. The van der Waals surface area contributed by atoms with E-state index in [1.54, 1.807) is 13.8 Å². The van der Waals surface area contributed by atoms with Crippen LogP contribution in [0.1, 0.15) is 53.9 Å². The van der Waals surface area contributed by atoms with E-state index >= 15 is 0 Å². The summed E-state index contributed by atoms with van der Waals surface area (Å²) in [4.78, 5) is 11.0. The van der Waals surface area contributed by atoms with Crippen LogP contribution in [0.15, 0.2) is 0 Å². The number of hydrogen-bond acceptors (Lipinski definition) is 2. The van der Waals surface area contributed by atoms with Crippen molar-refractivity contribution in [3.63, 3.8) is 0 Å². The highest BCUT2D eigenvalue weighted by atomic mass is 16.4. The molecule has 0 aromatic carbocycles. The molecule has 0 atom stereocenters. The van der Waals surface area contributed by atoms with Gasteiger partial charge in [-0.2, -0.15) is 0 Å². The summed E-state index contributed by atoms with van der Waals surface area (Å²) in [6, 6.07) is 0. The molecule has 0 unspecified atom stereocenters. The first-order valence-corrected chi connectivity index (χ1v) is 5.82. The zero-order valence-corrected chi connectivity index (χ0v) is 10.7. The fraction of sp³-hybridized carbons (Fsp3) is 0.917. The molecule has 3 nitrogen and oxygen atoms in total. The molecule has 0 fully saturated rings. The van der Waals surface area contributed by atoms with Crippen LogP contribution < -0.4 is 5.32 Å². The molecule has 90 valence electrons. The highest BCUT2D eigenvalue weighted by Crippen LogP contribution is 2.22. The fourth-order valence-electron chi connectivity index (χ4n) is 1.61. The van der Waals surface area contributed by atoms with Crippen molar-refractivity contribution in [3.8, 4) is 0 Å². The number of carbonyl (C=O) groups is 1. The summed E-state index contributed by atoms with van der Waals surface area (Å²) < 4.78 is 0. The van der Waals surface area contributed by atoms with Crippen molar-refractivity contribution in [2.24, 2.45) is 5.41 Å². The Labute approximate surface area is 93.3 Å². The Morgan fingerprint density at radius 3 is 1.80 bits per heavy atom. The summed E-state index contributed by atoms with van der Waals surface area (Å²) in [6.45, 7) is 10.5. The molecule has 0 aliphatic carbocycles. The maximum Gasteiger partial charge on any atom is 0.310 e. The van der Waals surface area contributed by atoms with Crippen LogP contribution in [0.3, 0.4) is 0 Å². The second-order valence-electron chi connectivity index (χ2n) is 4.88. The molecule has 0 amide bonds. The number of carboxylic acids is 1. The Morgan fingerprint density at radius 2 is 1.53 bits per heavy atom. The van der Waals surface area contributed by atoms with Crippen molar-refractivity contribution in [2.45, 2.75) is 59.4 Å². The van der Waals surface area contributed by atoms with Crippen molar-refractivity contribution in [1.82, 2.24) is 5.32 Å². The van der Waals surface area contributed by atoms with Gasteiger partial charge in [0.15, 0.2) is 0 Å². The minimum Gasteiger partial charge on any atom is -0.481 e. The number of carboxylic acid groups (broad SMARTS) is 1. The van der Waals surface area contributed by atoms with Gasteiger partial charge in [0, 0.05) is 12.1 Å². The summed E-state index contributed by atoms with van der Waals surface area (Å²) in [5.41, 5.74) is -0.586. The largest absolute Gasteiger partial charge is 0.481 e. The molecule has 0 bridgehead atoms. The molecule has 0 aromatic rings. The lowest BCUT2D eigenvalue weighted by atomic mass is 9.86. The minimum atomic E-state index is -0.743. The van der Waals surface area contributed by atoms with E-state index in [0.29, 0.717) is 6.54 Å². The monoisotopic (exact) mass is 215 g/mol. The summed E-state index contributed by atoms with van der Waals surface area (Å²) >= 11 is 0. The van der Waals surface area contributed by atoms with Gasteiger partial charge in [0.05, 0.1) is 5.41 Å². The van der Waals surface area contributed by atoms with Crippen LogP contribution in [-0.4, -0.2) is 23.2 Å². The quantitative estimate of drug-likeness (QED) is 0.686. The lowest BCUT2D eigenvalue weighted by molar-refractivity contribution is -0.146. The molecule has 0 saturated carbocycles. The van der Waals surface area contributed by atoms with E-state index in [9.17, 15) is 4.79 Å². The summed E-state index contributed by atoms with van der Waals surface area (Å²) in [6.07, 6.45) is 3.11. The first kappa shape index (κ1) is 14.4. The lowest BCUT2D eigenvalue weighted by Crippen LogP contribution is -2.49. The maximum atomic E-state index is 11.0. The van der Waals surface area contributed by atoms with Gasteiger partial charge in [-0.1, -0.05) is 20.8 Å². The van der Waals surface area contributed by atoms with Gasteiger partial charge >= 0.3 is 5.97 Å². The first-order valence-electron chi connectivity index (χ1n) is 5.82. The molecule has 2 N–H and O–H groups in total. The Hall–Kier alpha value is -0.570. The molecule has 0 aliphatic rings. The summed E-state index contributed by atoms with van der Waals surface area (Å²) in [5.74, 6) is -0.743. The molecule has 15 heavy (non-hydrogen) atoms. The van der Waals surface area contributed by atoms with E-state index < -0.39 is 11.4 Å². The van der Waals surface area contributed by atoms with E-state index in [0.717, 1.165) is 19.3 Å². The minimum absolute atomic E-state index is 0.104. The first-order chi connectivity index (χ1) is 6.83. The van der Waals surface area contributed by atoms with Crippen LogP contribution in [0.4, 0.5) is 0 Å². The third kappa shape index (κ3) is 3.82. The molecule has 0 radical (unpaired) electrons. The smallest absolute Gasteiger partial charge is 0.310 e. The maximum absolute atomic E-state index is 11.0. The predicted octanol–water partition coefficient (Wildman–Crippen LogP) is 2.66. The molecule has 0 saturated heterocycles. The van der Waals surface area contributed by atoms with Crippen molar-refractivity contribution < 1.29 is 9.90 Å². The number of aliphatic carboxylic acids is 1. The van der Waals surface area contributed by atoms with Crippen LogP contribution in [0.2, 0.25) is 0 Å². The van der Waals surface area contributed by atoms with Gasteiger partial charge in [0.1, 0.15) is 0 Å². The van der Waals surface area contributed by atoms with Gasteiger partial charge in [0.2, 0.25) is 0 Å². The van der Waals surface area contributed by atoms with Gasteiger partial charge < -0.3 is 10.4 Å². The standard InChI is InChI=1S/C12H25NO2/c1-6-12(7-2,8-3)13-9-11(4,5)10(14)15/h13H,6-9H2,1-5H3,(H,14,15). The van der Waals surface area contributed by atoms with Gasteiger partial charge in [-0.05, 0) is 33.1 Å². The van der Waals surface area contributed by atoms with Crippen LogP contribution in [-0.2, 0) is 4.79 Å². The lowest BCUT2D eigenvalue weighted by Gasteiger charge is -2.35. The van der Waals surface area contributed by atoms with E-state index in [1.165, 1.54) is 0 Å². The summed E-state index contributed by atoms with van der Waals surface area (Å²) in [7, 11) is 0. The zero-order valence-electron chi connectivity index (χ0n) is 10.7. The average molecular weight is 215 g/mol. The Balaban J connectivity index is 4.40. The SMILES string of the molecule is CCC(CC)(CC)NCC(C)(C)C(=O)O. The van der Waals surface area contributed by atoms with Crippen LogP contribution in [0.25, 0.3) is 0 Å². The van der Waals surface area contributed by atoms with E-state index in [-0.39, 0.29) is 5.54 Å². The Bertz CT molecular complexity index is 199. The molecular formula is C12H25NO2. The van der Waals surface area contributed by atoms with Gasteiger partial charge in [0.25, 0.3) is 0 Å². The van der Waals surface area contributed by atoms with Crippen molar-refractivity contribution in [1.29, 1.82) is 0 Å². The fourth-order valence-corrected chi connectivity index (χ4v) is 1.61. The zero-order chi connectivity index (χ0) is 12.1. The third-order valence-electron chi connectivity index (χ3n) is 3.51. The van der Waals surface area contributed by atoms with E-state index in [2.05, 4.69) is 26.1 Å². The van der Waals surface area contributed by atoms with Gasteiger partial charge in [-0.25, -0.2) is 0 Å². The predicted molar refractivity (Wildman–Crippen MR) is 63.0 cm³/mol. The molecule has 0 rings (SSSR count). The Morgan fingerprint density at radius 1 is 1.13 bits per heavy atom. The normalized spacial score (nSPS) is 12.9. The highest BCUT2D eigenvalue weighted by Gasteiger charge is 2.31. The average Bonchev–Trinajstić information content (AvgIpc) is 2.20. The number of rotatable bonds is 7. The highest BCUT2D eigenvalue weighted by molar-refractivity contribution is 5.73. The molecular weight excluding hydrogens is 190 g/mol. The molecule has 0 heterocycles. The van der Waals surface area contributed by atoms with Crippen molar-refractivity contribution >= 4 is 5.97 Å². The number of nitrogens with one attached hydrogen (secondary N) is 1.